The lowest BCUT2D eigenvalue weighted by atomic mass is 9.96. The van der Waals surface area contributed by atoms with Crippen LogP contribution in [-0.2, 0) is 6.42 Å². The summed E-state index contributed by atoms with van der Waals surface area (Å²) in [6.45, 7) is 8.18. The quantitative estimate of drug-likeness (QED) is 0.918. The molecule has 0 unspecified atom stereocenters. The van der Waals surface area contributed by atoms with Crippen molar-refractivity contribution in [1.82, 2.24) is 4.98 Å². The Morgan fingerprint density at radius 1 is 1.26 bits per heavy atom. The highest BCUT2D eigenvalue weighted by Crippen LogP contribution is 2.36. The number of nitrogen functional groups attached to an aromatic ring is 1. The van der Waals surface area contributed by atoms with E-state index in [9.17, 15) is 0 Å². The number of aryl methyl sites for hydroxylation is 2. The fraction of sp³-hybridized carbons (Fsp3) is 0.400. The molecule has 0 amide bonds. The number of benzene rings is 1. The fourth-order valence-corrected chi connectivity index (χ4v) is 2.43. The maximum absolute atomic E-state index is 5.67. The number of rotatable bonds is 3. The van der Waals surface area contributed by atoms with Gasteiger partial charge >= 0.3 is 0 Å². The van der Waals surface area contributed by atoms with Gasteiger partial charge in [0, 0.05) is 5.56 Å². The van der Waals surface area contributed by atoms with Gasteiger partial charge in [-0.25, -0.2) is 0 Å². The maximum atomic E-state index is 5.67. The predicted molar refractivity (Wildman–Crippen MR) is 76.5 cm³/mol. The van der Waals surface area contributed by atoms with E-state index < -0.39 is 0 Å². The lowest BCUT2D eigenvalue weighted by Gasteiger charge is -2.14. The van der Waals surface area contributed by atoms with Gasteiger partial charge in [0.1, 0.15) is 5.75 Å². The molecule has 1 heterocycles. The molecule has 0 saturated carbocycles. The van der Waals surface area contributed by atoms with Crippen LogP contribution in [0.3, 0.4) is 0 Å². The number of nitrogens with two attached hydrogens (primary N) is 1. The molecular weight excluding hydrogens is 240 g/mol. The summed E-state index contributed by atoms with van der Waals surface area (Å²) < 4.78 is 11.0. The number of oxazole rings is 1. The fourth-order valence-electron chi connectivity index (χ4n) is 2.43. The van der Waals surface area contributed by atoms with Gasteiger partial charge in [0.05, 0.1) is 12.8 Å². The van der Waals surface area contributed by atoms with Crippen LogP contribution in [0.4, 0.5) is 6.01 Å². The minimum atomic E-state index is 0.220. The molecule has 0 bridgehead atoms. The minimum Gasteiger partial charge on any atom is -0.496 e. The number of anilines is 1. The van der Waals surface area contributed by atoms with Crippen LogP contribution in [0, 0.1) is 20.8 Å². The van der Waals surface area contributed by atoms with Crippen molar-refractivity contribution in [3.05, 3.63) is 28.5 Å². The molecule has 102 valence electrons. The first-order chi connectivity index (χ1) is 8.99. The van der Waals surface area contributed by atoms with Crippen molar-refractivity contribution in [3.8, 4) is 17.1 Å². The van der Waals surface area contributed by atoms with Gasteiger partial charge in [0.15, 0.2) is 5.76 Å². The third-order valence-electron chi connectivity index (χ3n) is 3.52. The van der Waals surface area contributed by atoms with Crippen LogP contribution in [0.1, 0.15) is 29.3 Å². The van der Waals surface area contributed by atoms with E-state index in [0.29, 0.717) is 0 Å². The van der Waals surface area contributed by atoms with E-state index in [-0.39, 0.29) is 6.01 Å². The van der Waals surface area contributed by atoms with E-state index in [1.807, 2.05) is 13.8 Å². The topological polar surface area (TPSA) is 61.3 Å². The van der Waals surface area contributed by atoms with Crippen LogP contribution in [0.25, 0.3) is 11.3 Å². The number of aromatic nitrogens is 1. The third-order valence-corrected chi connectivity index (χ3v) is 3.52. The first-order valence-corrected chi connectivity index (χ1v) is 6.39. The number of ether oxygens (including phenoxy) is 1. The van der Waals surface area contributed by atoms with E-state index >= 15 is 0 Å². The van der Waals surface area contributed by atoms with Gasteiger partial charge in [-0.15, -0.1) is 0 Å². The SMILES string of the molecule is CCc1nc(N)oc1-c1cc(C)c(OC)c(C)c1C. The second-order valence-electron chi connectivity index (χ2n) is 4.71. The van der Waals surface area contributed by atoms with Crippen molar-refractivity contribution in [3.63, 3.8) is 0 Å². The average molecular weight is 260 g/mol. The summed E-state index contributed by atoms with van der Waals surface area (Å²) >= 11 is 0. The van der Waals surface area contributed by atoms with Gasteiger partial charge in [-0.2, -0.15) is 4.98 Å². The predicted octanol–water partition coefficient (Wildman–Crippen LogP) is 3.42. The Hall–Kier alpha value is -1.97. The van der Waals surface area contributed by atoms with Crippen molar-refractivity contribution in [2.24, 2.45) is 0 Å². The van der Waals surface area contributed by atoms with Gasteiger partial charge in [-0.3, -0.25) is 0 Å². The monoisotopic (exact) mass is 260 g/mol. The Balaban J connectivity index is 2.69. The molecule has 2 rings (SSSR count). The molecule has 0 spiro atoms. The number of nitrogens with zero attached hydrogens (tertiary/aromatic N) is 1. The Morgan fingerprint density at radius 2 is 1.95 bits per heavy atom. The summed E-state index contributed by atoms with van der Waals surface area (Å²) in [7, 11) is 1.69. The summed E-state index contributed by atoms with van der Waals surface area (Å²) in [5.41, 5.74) is 10.9. The number of hydrogen-bond acceptors (Lipinski definition) is 4. The molecule has 1 aromatic carbocycles. The second kappa shape index (κ2) is 4.96. The van der Waals surface area contributed by atoms with E-state index in [1.165, 1.54) is 0 Å². The highest BCUT2D eigenvalue weighted by molar-refractivity contribution is 5.70. The van der Waals surface area contributed by atoms with Crippen LogP contribution >= 0.6 is 0 Å². The van der Waals surface area contributed by atoms with Crippen molar-refractivity contribution < 1.29 is 9.15 Å². The van der Waals surface area contributed by atoms with Crippen molar-refractivity contribution in [2.45, 2.75) is 34.1 Å². The van der Waals surface area contributed by atoms with Crippen LogP contribution < -0.4 is 10.5 Å². The Morgan fingerprint density at radius 3 is 2.53 bits per heavy atom. The third kappa shape index (κ3) is 2.18. The highest BCUT2D eigenvalue weighted by atomic mass is 16.5. The molecule has 0 radical (unpaired) electrons. The summed E-state index contributed by atoms with van der Waals surface area (Å²) in [6, 6.07) is 2.29. The first-order valence-electron chi connectivity index (χ1n) is 6.39. The molecule has 0 aliphatic carbocycles. The number of hydrogen-bond donors (Lipinski definition) is 1. The van der Waals surface area contributed by atoms with E-state index in [0.717, 1.165) is 45.9 Å². The summed E-state index contributed by atoms with van der Waals surface area (Å²) in [5, 5.41) is 0. The van der Waals surface area contributed by atoms with Crippen LogP contribution in [-0.4, -0.2) is 12.1 Å². The Labute approximate surface area is 113 Å². The maximum Gasteiger partial charge on any atom is 0.292 e. The molecule has 0 aliphatic heterocycles. The lowest BCUT2D eigenvalue weighted by molar-refractivity contribution is 0.408. The zero-order chi connectivity index (χ0) is 14.2. The zero-order valence-corrected chi connectivity index (χ0v) is 12.1. The molecular formula is C15H20N2O2. The number of methoxy groups -OCH3 is 1. The van der Waals surface area contributed by atoms with Crippen LogP contribution in [0.2, 0.25) is 0 Å². The molecule has 0 fully saturated rings. The van der Waals surface area contributed by atoms with Crippen LogP contribution in [0.15, 0.2) is 10.5 Å². The normalized spacial score (nSPS) is 10.8. The standard InChI is InChI=1S/C15H20N2O2/c1-6-12-14(19-15(16)17-12)11-7-8(2)13(18-5)10(4)9(11)3/h7H,6H2,1-5H3,(H2,16,17). The van der Waals surface area contributed by atoms with Crippen LogP contribution in [0.5, 0.6) is 5.75 Å². The minimum absolute atomic E-state index is 0.220. The van der Waals surface area contributed by atoms with Gasteiger partial charge in [0.2, 0.25) is 0 Å². The Kier molecular flexibility index (Phi) is 3.51. The second-order valence-corrected chi connectivity index (χ2v) is 4.71. The van der Waals surface area contributed by atoms with E-state index in [2.05, 4.69) is 24.9 Å². The van der Waals surface area contributed by atoms with Crippen molar-refractivity contribution in [2.75, 3.05) is 12.8 Å². The molecule has 1 aromatic heterocycles. The van der Waals surface area contributed by atoms with Crippen molar-refractivity contribution in [1.29, 1.82) is 0 Å². The first kappa shape index (κ1) is 13.5. The molecule has 0 atom stereocenters. The van der Waals surface area contributed by atoms with E-state index in [4.69, 9.17) is 14.9 Å². The zero-order valence-electron chi connectivity index (χ0n) is 12.1. The average Bonchev–Trinajstić information content (AvgIpc) is 2.75. The highest BCUT2D eigenvalue weighted by Gasteiger charge is 2.18. The van der Waals surface area contributed by atoms with Gasteiger partial charge in [0.25, 0.3) is 6.01 Å². The lowest BCUT2D eigenvalue weighted by Crippen LogP contribution is -1.97. The molecule has 0 saturated heterocycles. The molecule has 4 heteroatoms. The Bertz CT molecular complexity index is 615. The molecule has 2 aromatic rings. The van der Waals surface area contributed by atoms with Gasteiger partial charge in [-0.1, -0.05) is 6.92 Å². The smallest absolute Gasteiger partial charge is 0.292 e. The van der Waals surface area contributed by atoms with E-state index in [1.54, 1.807) is 7.11 Å². The summed E-state index contributed by atoms with van der Waals surface area (Å²) in [5.74, 6) is 1.69. The summed E-state index contributed by atoms with van der Waals surface area (Å²) in [6.07, 6.45) is 0.791. The largest absolute Gasteiger partial charge is 0.496 e. The van der Waals surface area contributed by atoms with Crippen molar-refractivity contribution >= 4 is 6.01 Å². The summed E-state index contributed by atoms with van der Waals surface area (Å²) in [4.78, 5) is 4.23. The molecule has 0 aliphatic rings. The molecule has 2 N–H and O–H groups in total. The van der Waals surface area contributed by atoms with Gasteiger partial charge in [-0.05, 0) is 49.9 Å². The van der Waals surface area contributed by atoms with Gasteiger partial charge < -0.3 is 14.9 Å². The molecule has 4 nitrogen and oxygen atoms in total. The molecule has 19 heavy (non-hydrogen) atoms.